The van der Waals surface area contributed by atoms with Gasteiger partial charge >= 0.3 is 0 Å². The van der Waals surface area contributed by atoms with E-state index in [4.69, 9.17) is 9.47 Å². The Morgan fingerprint density at radius 1 is 1.04 bits per heavy atom. The van der Waals surface area contributed by atoms with Crippen LogP contribution < -0.4 is 9.47 Å². The molecule has 0 spiro atoms. The smallest absolute Gasteiger partial charge is 0.256 e. The molecule has 1 aliphatic carbocycles. The van der Waals surface area contributed by atoms with Crippen molar-refractivity contribution >= 4 is 5.78 Å². The molecule has 0 saturated heterocycles. The molecule has 0 radical (unpaired) electrons. The molecule has 1 aromatic carbocycles. The first-order valence-electron chi connectivity index (χ1n) is 8.99. The molecule has 4 rings (SSSR count). The highest BCUT2D eigenvalue weighted by molar-refractivity contribution is 5.60. The zero-order valence-electron chi connectivity index (χ0n) is 15.5. The summed E-state index contributed by atoms with van der Waals surface area (Å²) in [6.07, 6.45) is 1.52. The summed E-state index contributed by atoms with van der Waals surface area (Å²) in [7, 11) is 2.78. The van der Waals surface area contributed by atoms with Crippen molar-refractivity contribution in [3.05, 3.63) is 35.5 Å². The molecule has 6 nitrogen and oxygen atoms in total. The number of hydrogen-bond donors (Lipinski definition) is 0. The minimum atomic E-state index is -0.896. The van der Waals surface area contributed by atoms with Crippen LogP contribution in [0.15, 0.2) is 18.2 Å². The van der Waals surface area contributed by atoms with E-state index in [0.717, 1.165) is 25.0 Å². The number of ether oxygens (including phenoxy) is 2. The van der Waals surface area contributed by atoms with Gasteiger partial charge in [-0.1, -0.05) is 0 Å². The van der Waals surface area contributed by atoms with Gasteiger partial charge in [-0.2, -0.15) is 9.97 Å². The molecule has 0 N–H and O–H groups in total. The molecule has 0 aliphatic heterocycles. The summed E-state index contributed by atoms with van der Waals surface area (Å²) in [5.74, 6) is -1.46. The summed E-state index contributed by atoms with van der Waals surface area (Å²) in [6.45, 7) is 0. The van der Waals surface area contributed by atoms with Crippen LogP contribution >= 0.6 is 0 Å². The number of methoxy groups -OCH3 is 2. The van der Waals surface area contributed by atoms with Crippen molar-refractivity contribution in [2.75, 3.05) is 14.2 Å². The molecule has 2 atom stereocenters. The highest BCUT2D eigenvalue weighted by Crippen LogP contribution is 2.36. The lowest BCUT2D eigenvalue weighted by atomic mass is 9.85. The fourth-order valence-electron chi connectivity index (χ4n) is 3.65. The van der Waals surface area contributed by atoms with Crippen LogP contribution in [-0.2, 0) is 0 Å². The summed E-state index contributed by atoms with van der Waals surface area (Å²) in [5.41, 5.74) is 0.292. The second-order valence-electron chi connectivity index (χ2n) is 6.80. The predicted molar refractivity (Wildman–Crippen MR) is 95.3 cm³/mol. The first-order valence-corrected chi connectivity index (χ1v) is 8.99. The van der Waals surface area contributed by atoms with Crippen LogP contribution in [-0.4, -0.2) is 40.0 Å². The maximum absolute atomic E-state index is 14.5. The molecular weight excluding hydrogens is 373 g/mol. The van der Waals surface area contributed by atoms with Crippen LogP contribution in [0, 0.1) is 11.6 Å². The maximum atomic E-state index is 14.5. The number of rotatable bonds is 4. The Morgan fingerprint density at radius 2 is 1.79 bits per heavy atom. The molecule has 2 heterocycles. The molecule has 0 bridgehead atoms. The lowest BCUT2D eigenvalue weighted by Crippen LogP contribution is -2.18. The molecule has 9 heteroatoms. The van der Waals surface area contributed by atoms with Crippen molar-refractivity contribution in [3.8, 4) is 23.0 Å². The van der Waals surface area contributed by atoms with Gasteiger partial charge in [0.2, 0.25) is 5.88 Å². The van der Waals surface area contributed by atoms with Crippen molar-refractivity contribution in [2.24, 2.45) is 0 Å². The summed E-state index contributed by atoms with van der Waals surface area (Å²) in [5, 5.41) is 4.28. The largest absolute Gasteiger partial charge is 0.497 e. The van der Waals surface area contributed by atoms with E-state index in [-0.39, 0.29) is 34.7 Å². The Morgan fingerprint density at radius 3 is 2.43 bits per heavy atom. The second kappa shape index (κ2) is 7.29. The molecule has 1 saturated carbocycles. The third kappa shape index (κ3) is 3.25. The average Bonchev–Trinajstić information content (AvgIpc) is 3.09. The Bertz CT molecular complexity index is 1000. The molecule has 28 heavy (non-hydrogen) atoms. The Labute approximate surface area is 159 Å². The molecule has 3 aromatic rings. The van der Waals surface area contributed by atoms with Crippen LogP contribution in [0.4, 0.5) is 13.2 Å². The first kappa shape index (κ1) is 18.5. The second-order valence-corrected chi connectivity index (χ2v) is 6.80. The fraction of sp³-hybridized carbons (Fsp3) is 0.421. The van der Waals surface area contributed by atoms with E-state index < -0.39 is 17.8 Å². The van der Waals surface area contributed by atoms with Gasteiger partial charge in [-0.05, 0) is 25.7 Å². The van der Waals surface area contributed by atoms with E-state index >= 15 is 0 Å². The van der Waals surface area contributed by atoms with Gasteiger partial charge in [0, 0.05) is 24.1 Å². The van der Waals surface area contributed by atoms with Gasteiger partial charge in [0.1, 0.15) is 23.6 Å². The average molecular weight is 392 g/mol. The number of benzene rings is 1. The predicted octanol–water partition coefficient (Wildman–Crippen LogP) is 4.08. The van der Waals surface area contributed by atoms with Crippen molar-refractivity contribution in [1.29, 1.82) is 0 Å². The van der Waals surface area contributed by atoms with Crippen LogP contribution in [0.25, 0.3) is 17.2 Å². The monoisotopic (exact) mass is 392 g/mol. The van der Waals surface area contributed by atoms with Gasteiger partial charge in [-0.15, -0.1) is 5.10 Å². The zero-order chi connectivity index (χ0) is 19.8. The van der Waals surface area contributed by atoms with Crippen LogP contribution in [0.5, 0.6) is 11.6 Å². The number of hydrogen-bond acceptors (Lipinski definition) is 5. The summed E-state index contributed by atoms with van der Waals surface area (Å²) < 4.78 is 54.4. The van der Waals surface area contributed by atoms with Crippen molar-refractivity contribution in [1.82, 2.24) is 19.6 Å². The third-order valence-electron chi connectivity index (χ3n) is 5.03. The molecule has 0 unspecified atom stereocenters. The fourth-order valence-corrected chi connectivity index (χ4v) is 3.65. The van der Waals surface area contributed by atoms with E-state index in [1.165, 1.54) is 18.7 Å². The van der Waals surface area contributed by atoms with E-state index in [2.05, 4.69) is 15.1 Å². The summed E-state index contributed by atoms with van der Waals surface area (Å²) in [6, 6.07) is 3.80. The minimum absolute atomic E-state index is 0.0548. The Hall–Kier alpha value is -2.84. The third-order valence-corrected chi connectivity index (χ3v) is 5.03. The van der Waals surface area contributed by atoms with Crippen molar-refractivity contribution in [2.45, 2.75) is 37.8 Å². The summed E-state index contributed by atoms with van der Waals surface area (Å²) in [4.78, 5) is 8.40. The highest BCUT2D eigenvalue weighted by Gasteiger charge is 2.27. The van der Waals surface area contributed by atoms with E-state index in [1.54, 1.807) is 6.07 Å². The zero-order valence-corrected chi connectivity index (χ0v) is 15.5. The van der Waals surface area contributed by atoms with E-state index in [9.17, 15) is 13.2 Å². The summed E-state index contributed by atoms with van der Waals surface area (Å²) >= 11 is 0. The molecule has 1 fully saturated rings. The topological polar surface area (TPSA) is 61.5 Å². The van der Waals surface area contributed by atoms with E-state index in [1.807, 2.05) is 0 Å². The highest BCUT2D eigenvalue weighted by atomic mass is 19.1. The van der Waals surface area contributed by atoms with Gasteiger partial charge in [0.05, 0.1) is 25.5 Å². The van der Waals surface area contributed by atoms with Gasteiger partial charge in [0.25, 0.3) is 5.78 Å². The van der Waals surface area contributed by atoms with E-state index in [0.29, 0.717) is 18.5 Å². The molecular formula is C19H19F3N4O2. The lowest BCUT2D eigenvalue weighted by molar-refractivity contribution is 0.228. The Kier molecular flexibility index (Phi) is 4.82. The van der Waals surface area contributed by atoms with Gasteiger partial charge in [-0.3, -0.25) is 0 Å². The van der Waals surface area contributed by atoms with Gasteiger partial charge in [0.15, 0.2) is 5.82 Å². The lowest BCUT2D eigenvalue weighted by Gasteiger charge is -2.25. The Balaban J connectivity index is 1.86. The van der Waals surface area contributed by atoms with Crippen LogP contribution in [0.3, 0.4) is 0 Å². The number of halogens is 3. The number of aromatic nitrogens is 4. The molecule has 148 valence electrons. The number of alkyl halides is 1. The molecule has 0 amide bonds. The maximum Gasteiger partial charge on any atom is 0.256 e. The quantitative estimate of drug-likeness (QED) is 0.670. The van der Waals surface area contributed by atoms with Crippen molar-refractivity contribution < 1.29 is 22.6 Å². The van der Waals surface area contributed by atoms with Crippen LogP contribution in [0.2, 0.25) is 0 Å². The van der Waals surface area contributed by atoms with Gasteiger partial charge in [-0.25, -0.2) is 17.7 Å². The standard InChI is InChI=1S/C19H19F3N4O2/c1-27-12-7-13(21)17(14(22)8-12)18-24-19-23-16(28-2)9-15(26(19)25-18)10-4-3-5-11(20)6-10/h7-11H,3-6H2,1-2H3/t10-,11+/m0/s1. The first-order chi connectivity index (χ1) is 13.5. The normalized spacial score (nSPS) is 19.8. The molecule has 2 aromatic heterocycles. The van der Waals surface area contributed by atoms with Crippen molar-refractivity contribution in [3.63, 3.8) is 0 Å². The minimum Gasteiger partial charge on any atom is -0.497 e. The SMILES string of the molecule is COc1cc(F)c(-c2nc3nc(OC)cc([C@H]4CCC[C@@H](F)C4)n3n2)c(F)c1. The van der Waals surface area contributed by atoms with Gasteiger partial charge < -0.3 is 9.47 Å². The number of nitrogens with zero attached hydrogens (tertiary/aromatic N) is 4. The number of fused-ring (bicyclic) bond motifs is 1. The molecule has 1 aliphatic rings. The van der Waals surface area contributed by atoms with Crippen LogP contribution in [0.1, 0.15) is 37.3 Å².